The van der Waals surface area contributed by atoms with Crippen LogP contribution in [0.15, 0.2) is 24.3 Å². The molecule has 1 aromatic rings. The average Bonchev–Trinajstić information content (AvgIpc) is 2.70. The number of halogens is 1. The lowest BCUT2D eigenvalue weighted by atomic mass is 10.0. The molecule has 0 spiro atoms. The van der Waals surface area contributed by atoms with E-state index in [4.69, 9.17) is 16.3 Å². The van der Waals surface area contributed by atoms with Gasteiger partial charge in [0.2, 0.25) is 0 Å². The molecule has 0 aliphatic heterocycles. The lowest BCUT2D eigenvalue weighted by molar-refractivity contribution is -0.118. The minimum atomic E-state index is -0.534. The van der Waals surface area contributed by atoms with Crippen molar-refractivity contribution in [2.24, 2.45) is 0 Å². The number of methoxy groups -OCH3 is 1. The summed E-state index contributed by atoms with van der Waals surface area (Å²) in [6, 6.07) is 7.45. The van der Waals surface area contributed by atoms with Crippen LogP contribution >= 0.6 is 11.6 Å². The fourth-order valence-corrected chi connectivity index (χ4v) is 3.66. The Morgan fingerprint density at radius 2 is 1.26 bits per heavy atom. The summed E-state index contributed by atoms with van der Waals surface area (Å²) in [5.41, 5.74) is 0.858. The van der Waals surface area contributed by atoms with Crippen molar-refractivity contribution >= 4 is 17.4 Å². The largest absolute Gasteiger partial charge is 0.497 e. The van der Waals surface area contributed by atoms with E-state index < -0.39 is 5.38 Å². The quantitative estimate of drug-likeness (QED) is 0.197. The Labute approximate surface area is 172 Å². The molecule has 0 N–H and O–H groups in total. The van der Waals surface area contributed by atoms with Crippen LogP contribution in [0.25, 0.3) is 0 Å². The van der Waals surface area contributed by atoms with Crippen molar-refractivity contribution in [2.45, 2.75) is 102 Å². The predicted octanol–water partition coefficient (Wildman–Crippen LogP) is 8.03. The first-order valence-corrected chi connectivity index (χ1v) is 11.4. The lowest BCUT2D eigenvalue weighted by Crippen LogP contribution is -2.06. The fourth-order valence-electron chi connectivity index (χ4n) is 3.40. The molecule has 0 saturated heterocycles. The molecule has 1 aromatic carbocycles. The maximum absolute atomic E-state index is 12.2. The first-order chi connectivity index (χ1) is 13.2. The molecular weight excluding hydrogens is 356 g/mol. The van der Waals surface area contributed by atoms with Gasteiger partial charge in [-0.25, -0.2) is 0 Å². The van der Waals surface area contributed by atoms with Crippen LogP contribution in [0.3, 0.4) is 0 Å². The van der Waals surface area contributed by atoms with Gasteiger partial charge in [-0.3, -0.25) is 4.79 Å². The van der Waals surface area contributed by atoms with Crippen LogP contribution < -0.4 is 4.74 Å². The summed E-state index contributed by atoms with van der Waals surface area (Å²) in [4.78, 5) is 12.2. The number of benzene rings is 1. The normalized spacial score (nSPS) is 12.1. The summed E-state index contributed by atoms with van der Waals surface area (Å²) < 4.78 is 5.13. The number of rotatable bonds is 17. The summed E-state index contributed by atoms with van der Waals surface area (Å²) in [5.74, 6) is 0.913. The van der Waals surface area contributed by atoms with Crippen LogP contribution in [0.5, 0.6) is 5.75 Å². The number of unbranched alkanes of at least 4 members (excludes halogenated alkanes) is 12. The van der Waals surface area contributed by atoms with Crippen molar-refractivity contribution in [3.63, 3.8) is 0 Å². The molecule has 0 bridgehead atoms. The lowest BCUT2D eigenvalue weighted by Gasteiger charge is -2.10. The standard InChI is InChI=1S/C24H39ClO2/c1-3-4-5-6-7-8-9-10-11-12-13-14-15-16-23(26)24(25)21-17-19-22(27-2)20-18-21/h17-20,24H,3-16H2,1-2H3. The summed E-state index contributed by atoms with van der Waals surface area (Å²) >= 11 is 6.31. The number of ketones is 1. The molecule has 27 heavy (non-hydrogen) atoms. The van der Waals surface area contributed by atoms with Gasteiger partial charge in [0.05, 0.1) is 7.11 Å². The van der Waals surface area contributed by atoms with Crippen LogP contribution in [-0.4, -0.2) is 12.9 Å². The van der Waals surface area contributed by atoms with Gasteiger partial charge < -0.3 is 4.74 Å². The molecule has 0 aromatic heterocycles. The summed E-state index contributed by atoms with van der Waals surface area (Å²) in [6.45, 7) is 2.27. The van der Waals surface area contributed by atoms with Crippen LogP contribution in [0, 0.1) is 0 Å². The molecule has 2 nitrogen and oxygen atoms in total. The predicted molar refractivity (Wildman–Crippen MR) is 117 cm³/mol. The van der Waals surface area contributed by atoms with Crippen molar-refractivity contribution in [1.82, 2.24) is 0 Å². The third-order valence-electron chi connectivity index (χ3n) is 5.22. The second-order valence-corrected chi connectivity index (χ2v) is 8.03. The van der Waals surface area contributed by atoms with Gasteiger partial charge in [0.15, 0.2) is 5.78 Å². The molecule has 1 rings (SSSR count). The average molecular weight is 395 g/mol. The van der Waals surface area contributed by atoms with Crippen molar-refractivity contribution < 1.29 is 9.53 Å². The molecule has 1 atom stereocenters. The Balaban J connectivity index is 1.97. The topological polar surface area (TPSA) is 26.3 Å². The number of carbonyl (C=O) groups is 1. The molecule has 0 saturated carbocycles. The number of Topliss-reactive ketones (excluding diaryl/α,β-unsaturated/α-hetero) is 1. The highest BCUT2D eigenvalue weighted by Crippen LogP contribution is 2.26. The van der Waals surface area contributed by atoms with Crippen LogP contribution in [0.1, 0.15) is 108 Å². The van der Waals surface area contributed by atoms with Gasteiger partial charge in [-0.15, -0.1) is 11.6 Å². The Kier molecular flexibility index (Phi) is 14.2. The second-order valence-electron chi connectivity index (χ2n) is 7.59. The highest BCUT2D eigenvalue weighted by atomic mass is 35.5. The number of carbonyl (C=O) groups excluding carboxylic acids is 1. The highest BCUT2D eigenvalue weighted by Gasteiger charge is 2.16. The molecule has 0 aliphatic rings. The van der Waals surface area contributed by atoms with Gasteiger partial charge in [-0.05, 0) is 24.1 Å². The maximum Gasteiger partial charge on any atom is 0.155 e. The van der Waals surface area contributed by atoms with Crippen LogP contribution in [0.2, 0.25) is 0 Å². The summed E-state index contributed by atoms with van der Waals surface area (Å²) in [6.07, 6.45) is 17.7. The molecule has 0 fully saturated rings. The monoisotopic (exact) mass is 394 g/mol. The van der Waals surface area contributed by atoms with E-state index in [-0.39, 0.29) is 5.78 Å². The van der Waals surface area contributed by atoms with Gasteiger partial charge in [0, 0.05) is 6.42 Å². The van der Waals surface area contributed by atoms with Gasteiger partial charge in [-0.2, -0.15) is 0 Å². The van der Waals surface area contributed by atoms with Gasteiger partial charge in [0.1, 0.15) is 11.1 Å². The smallest absolute Gasteiger partial charge is 0.155 e. The molecular formula is C24H39ClO2. The molecule has 0 heterocycles. The number of alkyl halides is 1. The van der Waals surface area contributed by atoms with E-state index in [0.717, 1.165) is 24.2 Å². The first kappa shape index (κ1) is 24.0. The third-order valence-corrected chi connectivity index (χ3v) is 5.71. The Bertz CT molecular complexity index is 484. The molecule has 0 amide bonds. The minimum Gasteiger partial charge on any atom is -0.497 e. The van der Waals surface area contributed by atoms with Crippen molar-refractivity contribution in [3.8, 4) is 5.75 Å². The van der Waals surface area contributed by atoms with Gasteiger partial charge in [-0.1, -0.05) is 96.1 Å². The number of hydrogen-bond acceptors (Lipinski definition) is 2. The third kappa shape index (κ3) is 11.4. The van der Waals surface area contributed by atoms with Crippen LogP contribution in [-0.2, 0) is 4.79 Å². The Hall–Kier alpha value is -1.02. The summed E-state index contributed by atoms with van der Waals surface area (Å²) in [5, 5.41) is -0.534. The van der Waals surface area contributed by atoms with E-state index in [2.05, 4.69) is 6.92 Å². The summed E-state index contributed by atoms with van der Waals surface area (Å²) in [7, 11) is 1.63. The Morgan fingerprint density at radius 3 is 1.70 bits per heavy atom. The highest BCUT2D eigenvalue weighted by molar-refractivity contribution is 6.31. The zero-order chi connectivity index (χ0) is 19.7. The van der Waals surface area contributed by atoms with Crippen LogP contribution in [0.4, 0.5) is 0 Å². The van der Waals surface area contributed by atoms with E-state index in [1.807, 2.05) is 24.3 Å². The zero-order valence-corrected chi connectivity index (χ0v) is 18.2. The van der Waals surface area contributed by atoms with E-state index in [1.54, 1.807) is 7.11 Å². The van der Waals surface area contributed by atoms with E-state index >= 15 is 0 Å². The van der Waals surface area contributed by atoms with Gasteiger partial charge >= 0.3 is 0 Å². The van der Waals surface area contributed by atoms with Crippen molar-refractivity contribution in [3.05, 3.63) is 29.8 Å². The maximum atomic E-state index is 12.2. The van der Waals surface area contributed by atoms with Crippen molar-refractivity contribution in [2.75, 3.05) is 7.11 Å². The Morgan fingerprint density at radius 1 is 0.815 bits per heavy atom. The van der Waals surface area contributed by atoms with E-state index in [1.165, 1.54) is 70.6 Å². The van der Waals surface area contributed by atoms with Crippen molar-refractivity contribution in [1.29, 1.82) is 0 Å². The minimum absolute atomic E-state index is 0.130. The molecule has 0 aliphatic carbocycles. The molecule has 0 radical (unpaired) electrons. The molecule has 154 valence electrons. The number of ether oxygens (including phenoxy) is 1. The molecule has 3 heteroatoms. The first-order valence-electron chi connectivity index (χ1n) is 11.0. The zero-order valence-electron chi connectivity index (χ0n) is 17.5. The van der Waals surface area contributed by atoms with Gasteiger partial charge in [0.25, 0.3) is 0 Å². The molecule has 1 unspecified atom stereocenters. The number of hydrogen-bond donors (Lipinski definition) is 0. The SMILES string of the molecule is CCCCCCCCCCCCCCCC(=O)C(Cl)c1ccc(OC)cc1. The second kappa shape index (κ2) is 16.0. The fraction of sp³-hybridized carbons (Fsp3) is 0.708. The van der Waals surface area contributed by atoms with E-state index in [9.17, 15) is 4.79 Å². The van der Waals surface area contributed by atoms with E-state index in [0.29, 0.717) is 6.42 Å².